The maximum atomic E-state index is 12.6. The van der Waals surface area contributed by atoms with Gasteiger partial charge in [-0.05, 0) is 6.07 Å². The Morgan fingerprint density at radius 1 is 1.30 bits per heavy atom. The highest BCUT2D eigenvalue weighted by molar-refractivity contribution is 6.00. The van der Waals surface area contributed by atoms with Crippen molar-refractivity contribution in [2.45, 2.75) is 19.3 Å². The third-order valence-electron chi connectivity index (χ3n) is 2.55. The minimum atomic E-state index is -4.96. The summed E-state index contributed by atoms with van der Waals surface area (Å²) in [7, 11) is 0. The van der Waals surface area contributed by atoms with Crippen molar-refractivity contribution in [3.63, 3.8) is 0 Å². The monoisotopic (exact) mass is 293 g/mol. The van der Waals surface area contributed by atoms with Gasteiger partial charge >= 0.3 is 12.7 Å². The lowest BCUT2D eigenvalue weighted by atomic mass is 10.2. The van der Waals surface area contributed by atoms with Gasteiger partial charge < -0.3 is 4.57 Å². The Labute approximate surface area is 109 Å². The van der Waals surface area contributed by atoms with E-state index in [-0.39, 0.29) is 12.4 Å². The molecular formula is C11H8F5N3O. The highest BCUT2D eigenvalue weighted by Crippen LogP contribution is 2.22. The van der Waals surface area contributed by atoms with E-state index in [0.29, 0.717) is 4.57 Å². The number of carbonyl (C=O) groups is 1. The van der Waals surface area contributed by atoms with Crippen LogP contribution < -0.4 is 0 Å². The van der Waals surface area contributed by atoms with Gasteiger partial charge in [-0.15, -0.1) is 0 Å². The van der Waals surface area contributed by atoms with Gasteiger partial charge in [0.2, 0.25) is 0 Å². The molecule has 0 unspecified atom stereocenters. The fourth-order valence-electron chi connectivity index (χ4n) is 1.64. The van der Waals surface area contributed by atoms with E-state index in [0.717, 1.165) is 24.7 Å². The zero-order valence-electron chi connectivity index (χ0n) is 9.81. The molecule has 2 aromatic rings. The quantitative estimate of drug-likeness (QED) is 0.642. The Hall–Kier alpha value is -2.19. The molecule has 0 saturated heterocycles. The predicted molar refractivity (Wildman–Crippen MR) is 57.4 cm³/mol. The smallest absolute Gasteiger partial charge is 0.346 e. The molecule has 0 spiro atoms. The van der Waals surface area contributed by atoms with Crippen molar-refractivity contribution < 1.29 is 26.7 Å². The highest BCUT2D eigenvalue weighted by Gasteiger charge is 2.39. The minimum Gasteiger partial charge on any atom is -0.346 e. The second-order valence-electron chi connectivity index (χ2n) is 3.93. The van der Waals surface area contributed by atoms with Gasteiger partial charge in [0, 0.05) is 30.4 Å². The molecule has 2 aromatic heterocycles. The first-order valence-electron chi connectivity index (χ1n) is 5.36. The van der Waals surface area contributed by atoms with Crippen LogP contribution in [0.2, 0.25) is 0 Å². The molecule has 2 heterocycles. The van der Waals surface area contributed by atoms with Crippen LogP contribution in [-0.2, 0) is 6.54 Å². The Morgan fingerprint density at radius 2 is 2.00 bits per heavy atom. The van der Waals surface area contributed by atoms with Crippen molar-refractivity contribution in [3.05, 3.63) is 42.2 Å². The van der Waals surface area contributed by atoms with Crippen LogP contribution in [0.1, 0.15) is 22.7 Å². The van der Waals surface area contributed by atoms with E-state index < -0.39 is 24.1 Å². The highest BCUT2D eigenvalue weighted by atomic mass is 19.4. The van der Waals surface area contributed by atoms with Gasteiger partial charge in [0.1, 0.15) is 5.82 Å². The van der Waals surface area contributed by atoms with Crippen LogP contribution in [0.25, 0.3) is 0 Å². The molecule has 2 rings (SSSR count). The van der Waals surface area contributed by atoms with Gasteiger partial charge in [-0.1, -0.05) is 0 Å². The van der Waals surface area contributed by atoms with E-state index in [2.05, 4.69) is 4.98 Å². The summed E-state index contributed by atoms with van der Waals surface area (Å²) < 4.78 is 63.5. The molecule has 9 heteroatoms. The van der Waals surface area contributed by atoms with Crippen LogP contribution in [0, 0.1) is 0 Å². The van der Waals surface area contributed by atoms with Crippen molar-refractivity contribution in [3.8, 4) is 0 Å². The Morgan fingerprint density at radius 3 is 2.60 bits per heavy atom. The SMILES string of the molecule is O=C(c1ccn(Cc2nccn2C(F)F)c1)C(F)(F)F. The van der Waals surface area contributed by atoms with Crippen LogP contribution >= 0.6 is 0 Å². The summed E-state index contributed by atoms with van der Waals surface area (Å²) in [4.78, 5) is 14.7. The van der Waals surface area contributed by atoms with Gasteiger partial charge in [0.15, 0.2) is 0 Å². The third kappa shape index (κ3) is 2.86. The lowest BCUT2D eigenvalue weighted by Crippen LogP contribution is -2.22. The molecule has 0 aliphatic carbocycles. The van der Waals surface area contributed by atoms with E-state index in [1.54, 1.807) is 0 Å². The summed E-state index contributed by atoms with van der Waals surface area (Å²) in [6, 6.07) is 0.978. The van der Waals surface area contributed by atoms with E-state index in [1.807, 2.05) is 0 Å². The van der Waals surface area contributed by atoms with Crippen molar-refractivity contribution >= 4 is 5.78 Å². The zero-order chi connectivity index (χ0) is 14.9. The largest absolute Gasteiger partial charge is 0.454 e. The van der Waals surface area contributed by atoms with Gasteiger partial charge in [0.05, 0.1) is 6.54 Å². The molecule has 0 saturated carbocycles. The number of rotatable bonds is 4. The summed E-state index contributed by atoms with van der Waals surface area (Å²) in [6.45, 7) is -2.96. The number of imidazole rings is 1. The van der Waals surface area contributed by atoms with Gasteiger partial charge in [0.25, 0.3) is 5.78 Å². The molecule has 0 radical (unpaired) electrons. The van der Waals surface area contributed by atoms with Crippen molar-refractivity contribution in [2.75, 3.05) is 0 Å². The molecule has 0 atom stereocenters. The Balaban J connectivity index is 2.18. The summed E-state index contributed by atoms with van der Waals surface area (Å²) >= 11 is 0. The topological polar surface area (TPSA) is 39.8 Å². The number of hydrogen-bond acceptors (Lipinski definition) is 2. The van der Waals surface area contributed by atoms with Crippen molar-refractivity contribution in [1.82, 2.24) is 14.1 Å². The lowest BCUT2D eigenvalue weighted by molar-refractivity contribution is -0.0885. The van der Waals surface area contributed by atoms with Crippen LogP contribution in [0.4, 0.5) is 22.0 Å². The Kier molecular flexibility index (Phi) is 3.60. The fourth-order valence-corrected chi connectivity index (χ4v) is 1.64. The molecule has 0 fully saturated rings. The minimum absolute atomic E-state index is 0.0263. The third-order valence-corrected chi connectivity index (χ3v) is 2.55. The number of Topliss-reactive ketones (excluding diaryl/α,β-unsaturated/α-hetero) is 1. The summed E-state index contributed by atoms with van der Waals surface area (Å²) in [5, 5.41) is 0. The molecule has 108 valence electrons. The molecule has 0 aromatic carbocycles. The summed E-state index contributed by atoms with van der Waals surface area (Å²) in [5.41, 5.74) is -0.548. The van der Waals surface area contributed by atoms with E-state index >= 15 is 0 Å². The molecular weight excluding hydrogens is 285 g/mol. The first-order valence-corrected chi connectivity index (χ1v) is 5.36. The average molecular weight is 293 g/mol. The van der Waals surface area contributed by atoms with Gasteiger partial charge in [-0.2, -0.15) is 22.0 Å². The van der Waals surface area contributed by atoms with Crippen molar-refractivity contribution in [2.24, 2.45) is 0 Å². The zero-order valence-corrected chi connectivity index (χ0v) is 9.81. The molecule has 4 nitrogen and oxygen atoms in total. The van der Waals surface area contributed by atoms with Crippen LogP contribution in [-0.4, -0.2) is 26.1 Å². The molecule has 20 heavy (non-hydrogen) atoms. The van der Waals surface area contributed by atoms with E-state index in [4.69, 9.17) is 0 Å². The second kappa shape index (κ2) is 5.06. The average Bonchev–Trinajstić information content (AvgIpc) is 2.96. The van der Waals surface area contributed by atoms with E-state index in [1.165, 1.54) is 10.8 Å². The fraction of sp³-hybridized carbons (Fsp3) is 0.273. The van der Waals surface area contributed by atoms with Crippen molar-refractivity contribution in [1.29, 1.82) is 0 Å². The van der Waals surface area contributed by atoms with Gasteiger partial charge in [-0.25, -0.2) is 4.98 Å². The maximum Gasteiger partial charge on any atom is 0.454 e. The normalized spacial score (nSPS) is 12.1. The molecule has 0 aliphatic heterocycles. The number of hydrogen-bond donors (Lipinski definition) is 0. The first-order chi connectivity index (χ1) is 9.29. The Bertz CT molecular complexity index is 614. The number of nitrogens with zero attached hydrogens (tertiary/aromatic N) is 3. The molecule has 0 aliphatic rings. The van der Waals surface area contributed by atoms with Crippen LogP contribution in [0.3, 0.4) is 0 Å². The number of alkyl halides is 5. The molecule has 0 N–H and O–H groups in total. The molecule has 0 bridgehead atoms. The first kappa shape index (κ1) is 14.2. The predicted octanol–water partition coefficient (Wildman–Crippen LogP) is 2.87. The second-order valence-corrected chi connectivity index (χ2v) is 3.93. The van der Waals surface area contributed by atoms with E-state index in [9.17, 15) is 26.7 Å². The molecule has 0 amide bonds. The van der Waals surface area contributed by atoms with Crippen LogP contribution in [0.15, 0.2) is 30.9 Å². The summed E-state index contributed by atoms with van der Waals surface area (Å²) in [6.07, 6.45) is -0.602. The standard InChI is InChI=1S/C11H8F5N3O/c12-10(13)19-4-2-17-8(19)6-18-3-1-7(5-18)9(20)11(14,15)16/h1-5,10H,6H2. The van der Waals surface area contributed by atoms with Gasteiger partial charge in [-0.3, -0.25) is 9.36 Å². The maximum absolute atomic E-state index is 12.6. The summed E-state index contributed by atoms with van der Waals surface area (Å²) in [5.74, 6) is -2.00. The number of carbonyl (C=O) groups excluding carboxylic acids is 1. The number of ketones is 1. The lowest BCUT2D eigenvalue weighted by Gasteiger charge is -2.07. The van der Waals surface area contributed by atoms with Crippen LogP contribution in [0.5, 0.6) is 0 Å². The number of halogens is 5. The number of aromatic nitrogens is 3.